The number of nitrogens with one attached hydrogen (secondary N) is 1. The molecule has 0 aliphatic carbocycles. The van der Waals surface area contributed by atoms with Crippen LogP contribution >= 0.6 is 0 Å². The second-order valence-corrected chi connectivity index (χ2v) is 9.17. The lowest BCUT2D eigenvalue weighted by atomic mass is 10.1. The number of nitrogens with zero attached hydrogens (tertiary/aromatic N) is 4. The number of benzene rings is 2. The zero-order valence-corrected chi connectivity index (χ0v) is 18.2. The SMILES string of the molecule is CO[C@@H]1CCN([S+]([O-])c2ccc(-n3cc(-c4cc5cc(N)ccc5[nH]c4=O)nn3)cc2)C1. The number of anilines is 1. The van der Waals surface area contributed by atoms with E-state index in [1.807, 2.05) is 28.6 Å². The Hall–Kier alpha value is -3.18. The van der Waals surface area contributed by atoms with Crippen LogP contribution in [0.15, 0.2) is 64.4 Å². The zero-order chi connectivity index (χ0) is 22.2. The van der Waals surface area contributed by atoms with Crippen molar-refractivity contribution in [3.05, 3.63) is 65.1 Å². The van der Waals surface area contributed by atoms with E-state index in [4.69, 9.17) is 10.5 Å². The van der Waals surface area contributed by atoms with Gasteiger partial charge in [0.2, 0.25) is 0 Å². The fraction of sp³-hybridized carbons (Fsp3) is 0.227. The number of H-pyrrole nitrogens is 1. The Bertz CT molecular complexity index is 1320. The number of fused-ring (bicyclic) bond motifs is 1. The highest BCUT2D eigenvalue weighted by molar-refractivity contribution is 7.89. The highest BCUT2D eigenvalue weighted by Gasteiger charge is 2.32. The molecule has 1 fully saturated rings. The van der Waals surface area contributed by atoms with Crippen molar-refractivity contribution in [2.45, 2.75) is 17.4 Å². The van der Waals surface area contributed by atoms with Gasteiger partial charge in [-0.3, -0.25) is 4.79 Å². The minimum Gasteiger partial charge on any atom is -0.593 e. The number of rotatable bonds is 5. The van der Waals surface area contributed by atoms with E-state index in [1.165, 1.54) is 0 Å². The molecule has 32 heavy (non-hydrogen) atoms. The molecule has 0 radical (unpaired) electrons. The highest BCUT2D eigenvalue weighted by atomic mass is 32.2. The predicted octanol–water partition coefficient (Wildman–Crippen LogP) is 2.10. The molecule has 10 heteroatoms. The quantitative estimate of drug-likeness (QED) is 0.352. The first-order valence-electron chi connectivity index (χ1n) is 10.2. The number of nitrogens with two attached hydrogens (primary N) is 1. The van der Waals surface area contributed by atoms with E-state index in [0.29, 0.717) is 29.0 Å². The lowest BCUT2D eigenvalue weighted by Gasteiger charge is -2.19. The summed E-state index contributed by atoms with van der Waals surface area (Å²) in [5.41, 5.74) is 8.55. The van der Waals surface area contributed by atoms with Crippen molar-refractivity contribution in [1.82, 2.24) is 24.3 Å². The smallest absolute Gasteiger partial charge is 0.258 e. The van der Waals surface area contributed by atoms with Gasteiger partial charge in [-0.25, -0.2) is 4.68 Å². The summed E-state index contributed by atoms with van der Waals surface area (Å²) in [5.74, 6) is 0. The van der Waals surface area contributed by atoms with E-state index in [9.17, 15) is 9.35 Å². The van der Waals surface area contributed by atoms with Crippen LogP contribution in [0.5, 0.6) is 0 Å². The van der Waals surface area contributed by atoms with Crippen LogP contribution in [0.4, 0.5) is 5.69 Å². The maximum absolute atomic E-state index is 12.8. The van der Waals surface area contributed by atoms with E-state index < -0.39 is 11.4 Å². The molecule has 2 aromatic heterocycles. The maximum atomic E-state index is 12.8. The van der Waals surface area contributed by atoms with Crippen LogP contribution in [0, 0.1) is 0 Å². The number of aromatic nitrogens is 4. The average Bonchev–Trinajstić information content (AvgIpc) is 3.48. The van der Waals surface area contributed by atoms with Gasteiger partial charge in [-0.15, -0.1) is 9.40 Å². The maximum Gasteiger partial charge on any atom is 0.258 e. The predicted molar refractivity (Wildman–Crippen MR) is 123 cm³/mol. The van der Waals surface area contributed by atoms with Crippen molar-refractivity contribution in [3.8, 4) is 16.9 Å². The zero-order valence-electron chi connectivity index (χ0n) is 17.4. The first kappa shape index (κ1) is 20.7. The third-order valence-corrected chi connectivity index (χ3v) is 7.09. The lowest BCUT2D eigenvalue weighted by molar-refractivity contribution is 0.115. The molecule has 5 rings (SSSR count). The van der Waals surface area contributed by atoms with Crippen LogP contribution in [0.3, 0.4) is 0 Å². The van der Waals surface area contributed by atoms with Gasteiger partial charge >= 0.3 is 0 Å². The first-order valence-corrected chi connectivity index (χ1v) is 11.3. The number of ether oxygens (including phenoxy) is 1. The van der Waals surface area contributed by atoms with Gasteiger partial charge in [0.15, 0.2) is 4.90 Å². The van der Waals surface area contributed by atoms with E-state index in [0.717, 1.165) is 28.9 Å². The minimum absolute atomic E-state index is 0.126. The Morgan fingerprint density at radius 3 is 2.78 bits per heavy atom. The van der Waals surface area contributed by atoms with Gasteiger partial charge < -0.3 is 20.0 Å². The third kappa shape index (κ3) is 3.89. The van der Waals surface area contributed by atoms with Crippen molar-refractivity contribution >= 4 is 28.0 Å². The summed E-state index contributed by atoms with van der Waals surface area (Å²) in [4.78, 5) is 16.1. The fourth-order valence-electron chi connectivity index (χ4n) is 3.83. The Labute approximate surface area is 187 Å². The largest absolute Gasteiger partial charge is 0.593 e. The standard InChI is InChI=1S/C22H22N6O3S/c1-31-17-8-9-27(12-17)32(30)18-5-3-16(4-6-18)28-13-21(25-26-28)19-11-14-10-15(23)2-7-20(14)24-22(19)29/h2-7,10-11,13,17H,8-9,12,23H2,1H3,(H,24,29)/t17-,32?/m1/s1. The van der Waals surface area contributed by atoms with Crippen molar-refractivity contribution in [2.24, 2.45) is 0 Å². The number of nitrogen functional groups attached to an aromatic ring is 1. The summed E-state index contributed by atoms with van der Waals surface area (Å²) in [6, 6.07) is 14.4. The number of pyridine rings is 1. The van der Waals surface area contributed by atoms with Gasteiger partial charge in [0.1, 0.15) is 5.69 Å². The molecular weight excluding hydrogens is 428 g/mol. The number of hydrogen-bond acceptors (Lipinski definition) is 7. The number of methoxy groups -OCH3 is 1. The molecule has 0 saturated carbocycles. The molecule has 1 saturated heterocycles. The summed E-state index contributed by atoms with van der Waals surface area (Å²) >= 11 is -1.24. The normalized spacial score (nSPS) is 17.8. The van der Waals surface area contributed by atoms with Crippen molar-refractivity contribution < 1.29 is 9.29 Å². The molecule has 2 atom stereocenters. The minimum atomic E-state index is -1.24. The lowest BCUT2D eigenvalue weighted by Crippen LogP contribution is -2.30. The van der Waals surface area contributed by atoms with Gasteiger partial charge in [-0.1, -0.05) is 5.21 Å². The van der Waals surface area contributed by atoms with Gasteiger partial charge in [0, 0.05) is 30.2 Å². The van der Waals surface area contributed by atoms with Gasteiger partial charge in [0.25, 0.3) is 5.56 Å². The highest BCUT2D eigenvalue weighted by Crippen LogP contribution is 2.24. The molecule has 0 spiro atoms. The molecule has 9 nitrogen and oxygen atoms in total. The molecule has 3 heterocycles. The van der Waals surface area contributed by atoms with Crippen LogP contribution in [0.2, 0.25) is 0 Å². The summed E-state index contributed by atoms with van der Waals surface area (Å²) in [7, 11) is 1.68. The molecule has 0 bridgehead atoms. The Morgan fingerprint density at radius 1 is 1.22 bits per heavy atom. The summed E-state index contributed by atoms with van der Waals surface area (Å²) in [5, 5.41) is 9.15. The van der Waals surface area contributed by atoms with Crippen molar-refractivity contribution in [3.63, 3.8) is 0 Å². The number of hydrogen-bond donors (Lipinski definition) is 2. The van der Waals surface area contributed by atoms with E-state index in [-0.39, 0.29) is 11.7 Å². The molecule has 2 aromatic carbocycles. The molecular formula is C22H22N6O3S. The summed E-state index contributed by atoms with van der Waals surface area (Å²) in [6.07, 6.45) is 2.70. The second kappa shape index (κ2) is 8.40. The molecule has 3 N–H and O–H groups in total. The average molecular weight is 451 g/mol. The van der Waals surface area contributed by atoms with Crippen LogP contribution in [0.25, 0.3) is 27.8 Å². The Kier molecular flexibility index (Phi) is 5.43. The van der Waals surface area contributed by atoms with Crippen molar-refractivity contribution in [2.75, 3.05) is 25.9 Å². The fourth-order valence-corrected chi connectivity index (χ4v) is 5.07. The first-order chi connectivity index (χ1) is 15.5. The third-order valence-electron chi connectivity index (χ3n) is 5.62. The summed E-state index contributed by atoms with van der Waals surface area (Å²) in [6.45, 7) is 1.40. The van der Waals surface area contributed by atoms with Gasteiger partial charge in [0.05, 0.1) is 41.5 Å². The molecule has 1 unspecified atom stereocenters. The molecule has 4 aromatic rings. The molecule has 1 aliphatic heterocycles. The van der Waals surface area contributed by atoms with E-state index in [2.05, 4.69) is 15.3 Å². The van der Waals surface area contributed by atoms with Crippen LogP contribution in [0.1, 0.15) is 6.42 Å². The van der Waals surface area contributed by atoms with Crippen LogP contribution in [-0.2, 0) is 16.1 Å². The monoisotopic (exact) mass is 450 g/mol. The topological polar surface area (TPSA) is 125 Å². The Morgan fingerprint density at radius 2 is 2.03 bits per heavy atom. The molecule has 1 aliphatic rings. The van der Waals surface area contributed by atoms with E-state index in [1.54, 1.807) is 42.3 Å². The second-order valence-electron chi connectivity index (χ2n) is 7.68. The van der Waals surface area contributed by atoms with Crippen molar-refractivity contribution in [1.29, 1.82) is 0 Å². The van der Waals surface area contributed by atoms with Gasteiger partial charge in [-0.2, -0.15) is 0 Å². The molecule has 164 valence electrons. The van der Waals surface area contributed by atoms with Crippen LogP contribution < -0.4 is 11.3 Å². The molecule has 0 amide bonds. The summed E-state index contributed by atoms with van der Waals surface area (Å²) < 4.78 is 21.7. The number of aromatic amines is 1. The van der Waals surface area contributed by atoms with Gasteiger partial charge in [-0.05, 0) is 55.0 Å². The Balaban J connectivity index is 1.39. The van der Waals surface area contributed by atoms with E-state index >= 15 is 0 Å². The van der Waals surface area contributed by atoms with Crippen LogP contribution in [-0.4, -0.2) is 55.1 Å².